The summed E-state index contributed by atoms with van der Waals surface area (Å²) < 4.78 is 0.160. The van der Waals surface area contributed by atoms with Crippen molar-refractivity contribution in [3.63, 3.8) is 0 Å². The molecule has 0 fully saturated rings. The molecule has 14 heavy (non-hydrogen) atoms. The average Bonchev–Trinajstić information content (AvgIpc) is 2.11. The summed E-state index contributed by atoms with van der Waals surface area (Å²) >= 11 is 19.8. The Morgan fingerprint density at radius 1 is 1.14 bits per heavy atom. The van der Waals surface area contributed by atoms with Gasteiger partial charge in [0.1, 0.15) is 5.56 Å². The van der Waals surface area contributed by atoms with Crippen molar-refractivity contribution in [2.24, 2.45) is 0 Å². The highest BCUT2D eigenvalue weighted by molar-refractivity contribution is 9.10. The Morgan fingerprint density at radius 2 is 1.64 bits per heavy atom. The van der Waals surface area contributed by atoms with Crippen molar-refractivity contribution in [2.75, 3.05) is 0 Å². The summed E-state index contributed by atoms with van der Waals surface area (Å²) in [6, 6.07) is 0. The molecule has 1 aromatic carbocycles. The molecule has 0 bridgehead atoms. The minimum Gasteiger partial charge on any atom is -0.505 e. The molecule has 0 saturated carbocycles. The summed E-state index contributed by atoms with van der Waals surface area (Å²) in [6.07, 6.45) is 0. The normalized spacial score (nSPS) is 10.3. The second-order valence-electron chi connectivity index (χ2n) is 2.28. The lowest BCUT2D eigenvalue weighted by atomic mass is 10.2. The van der Waals surface area contributed by atoms with Crippen molar-refractivity contribution in [3.8, 4) is 5.75 Å². The molecule has 0 unspecified atom stereocenters. The second kappa shape index (κ2) is 4.14. The maximum atomic E-state index is 10.7. The fraction of sp³-hybridized carbons (Fsp3) is 0. The number of hydrogen-bond acceptors (Lipinski definition) is 2. The summed E-state index contributed by atoms with van der Waals surface area (Å²) in [5, 5.41) is 17.6. The number of phenols is 1. The zero-order chi connectivity index (χ0) is 11.0. The largest absolute Gasteiger partial charge is 0.505 e. The van der Waals surface area contributed by atoms with Crippen LogP contribution >= 0.6 is 50.7 Å². The molecule has 1 aromatic rings. The van der Waals surface area contributed by atoms with Crippen molar-refractivity contribution in [2.45, 2.75) is 0 Å². The van der Waals surface area contributed by atoms with Crippen LogP contribution < -0.4 is 0 Å². The van der Waals surface area contributed by atoms with E-state index in [1.165, 1.54) is 0 Å². The van der Waals surface area contributed by atoms with Crippen LogP contribution in [0.15, 0.2) is 4.47 Å². The van der Waals surface area contributed by atoms with Crippen LogP contribution in [0.2, 0.25) is 15.1 Å². The Hall–Kier alpha value is -0.160. The van der Waals surface area contributed by atoms with E-state index in [4.69, 9.17) is 39.9 Å². The number of hydrogen-bond donors (Lipinski definition) is 2. The molecular weight excluding hydrogens is 318 g/mol. The first-order chi connectivity index (χ1) is 6.37. The molecule has 0 aromatic heterocycles. The standard InChI is InChI=1S/C7H2BrCl3O3/c8-2-4(10)3(9)1(7(13)14)6(12)5(2)11/h12H,(H,13,14). The summed E-state index contributed by atoms with van der Waals surface area (Å²) in [6.45, 7) is 0. The quantitative estimate of drug-likeness (QED) is 0.611. The Labute approximate surface area is 102 Å². The van der Waals surface area contributed by atoms with Gasteiger partial charge < -0.3 is 10.2 Å². The van der Waals surface area contributed by atoms with Crippen LogP contribution in [0.3, 0.4) is 0 Å². The molecule has 7 heteroatoms. The molecular formula is C7H2BrCl3O3. The van der Waals surface area contributed by atoms with Gasteiger partial charge in [0.25, 0.3) is 0 Å². The van der Waals surface area contributed by atoms with Crippen LogP contribution in [0.1, 0.15) is 10.4 Å². The van der Waals surface area contributed by atoms with Gasteiger partial charge in [0, 0.05) is 0 Å². The van der Waals surface area contributed by atoms with Crippen molar-refractivity contribution >= 4 is 56.7 Å². The summed E-state index contributed by atoms with van der Waals surface area (Å²) in [5.41, 5.74) is -0.509. The van der Waals surface area contributed by atoms with Crippen molar-refractivity contribution in [1.82, 2.24) is 0 Å². The lowest BCUT2D eigenvalue weighted by molar-refractivity contribution is 0.0694. The van der Waals surface area contributed by atoms with Gasteiger partial charge in [-0.05, 0) is 15.9 Å². The van der Waals surface area contributed by atoms with Crippen molar-refractivity contribution in [3.05, 3.63) is 25.1 Å². The van der Waals surface area contributed by atoms with E-state index in [-0.39, 0.29) is 19.5 Å². The minimum absolute atomic E-state index is 0.0492. The third kappa shape index (κ3) is 1.80. The molecule has 0 aliphatic heterocycles. The van der Waals surface area contributed by atoms with E-state index >= 15 is 0 Å². The molecule has 3 nitrogen and oxygen atoms in total. The topological polar surface area (TPSA) is 57.5 Å². The van der Waals surface area contributed by atoms with Crippen LogP contribution in [0.5, 0.6) is 5.75 Å². The number of aromatic hydroxyl groups is 1. The maximum Gasteiger partial charge on any atom is 0.341 e. The Morgan fingerprint density at radius 3 is 2.07 bits per heavy atom. The SMILES string of the molecule is O=C(O)c1c(O)c(Cl)c(Br)c(Cl)c1Cl. The Bertz CT molecular complexity index is 390. The van der Waals surface area contributed by atoms with Gasteiger partial charge in [0.15, 0.2) is 5.75 Å². The Kier molecular flexibility index (Phi) is 3.53. The number of rotatable bonds is 1. The molecule has 0 saturated heterocycles. The van der Waals surface area contributed by atoms with Gasteiger partial charge in [-0.1, -0.05) is 34.8 Å². The van der Waals surface area contributed by atoms with E-state index < -0.39 is 17.3 Å². The third-order valence-corrected chi connectivity index (χ3v) is 3.93. The number of carboxylic acids is 1. The predicted molar refractivity (Wildman–Crippen MR) is 57.8 cm³/mol. The van der Waals surface area contributed by atoms with E-state index in [0.29, 0.717) is 0 Å². The molecule has 0 amide bonds. The fourth-order valence-electron chi connectivity index (χ4n) is 0.815. The minimum atomic E-state index is -1.40. The molecule has 76 valence electrons. The first-order valence-corrected chi connectivity index (χ1v) is 5.08. The molecule has 0 aliphatic carbocycles. The van der Waals surface area contributed by atoms with Crippen LogP contribution in [0.25, 0.3) is 0 Å². The number of benzene rings is 1. The number of carboxylic acid groups (broad SMARTS) is 1. The molecule has 0 atom stereocenters. The lowest BCUT2D eigenvalue weighted by Gasteiger charge is -2.08. The molecule has 1 rings (SSSR count). The van der Waals surface area contributed by atoms with Gasteiger partial charge >= 0.3 is 5.97 Å². The molecule has 2 N–H and O–H groups in total. The number of halogens is 4. The van der Waals surface area contributed by atoms with Crippen LogP contribution in [0, 0.1) is 0 Å². The number of carbonyl (C=O) groups is 1. The van der Waals surface area contributed by atoms with Gasteiger partial charge in [-0.15, -0.1) is 0 Å². The predicted octanol–water partition coefficient (Wildman–Crippen LogP) is 3.81. The monoisotopic (exact) mass is 318 g/mol. The van der Waals surface area contributed by atoms with E-state index in [1.54, 1.807) is 0 Å². The average molecular weight is 320 g/mol. The van der Waals surface area contributed by atoms with Gasteiger partial charge in [-0.3, -0.25) is 0 Å². The van der Waals surface area contributed by atoms with E-state index in [0.717, 1.165) is 0 Å². The first kappa shape index (κ1) is 11.9. The Balaban J connectivity index is 3.68. The highest BCUT2D eigenvalue weighted by Crippen LogP contribution is 2.44. The van der Waals surface area contributed by atoms with Gasteiger partial charge in [-0.2, -0.15) is 0 Å². The lowest BCUT2D eigenvalue weighted by Crippen LogP contribution is -1.99. The van der Waals surface area contributed by atoms with Gasteiger partial charge in [0.2, 0.25) is 0 Å². The summed E-state index contributed by atoms with van der Waals surface area (Å²) in [7, 11) is 0. The van der Waals surface area contributed by atoms with Crippen LogP contribution in [0.4, 0.5) is 0 Å². The summed E-state index contributed by atoms with van der Waals surface area (Å²) in [5.74, 6) is -2.01. The van der Waals surface area contributed by atoms with Crippen LogP contribution in [-0.2, 0) is 0 Å². The van der Waals surface area contributed by atoms with Crippen molar-refractivity contribution in [1.29, 1.82) is 0 Å². The van der Waals surface area contributed by atoms with Crippen LogP contribution in [-0.4, -0.2) is 16.2 Å². The van der Waals surface area contributed by atoms with E-state index in [1.807, 2.05) is 0 Å². The second-order valence-corrected chi connectivity index (χ2v) is 4.21. The van der Waals surface area contributed by atoms with Gasteiger partial charge in [0.05, 0.1) is 19.5 Å². The molecule has 0 spiro atoms. The fourth-order valence-corrected chi connectivity index (χ4v) is 2.01. The van der Waals surface area contributed by atoms with Gasteiger partial charge in [-0.25, -0.2) is 4.79 Å². The number of aromatic carboxylic acids is 1. The van der Waals surface area contributed by atoms with E-state index in [9.17, 15) is 9.90 Å². The highest BCUT2D eigenvalue weighted by atomic mass is 79.9. The zero-order valence-corrected chi connectivity index (χ0v) is 10.2. The molecule has 0 radical (unpaired) electrons. The van der Waals surface area contributed by atoms with Crippen molar-refractivity contribution < 1.29 is 15.0 Å². The zero-order valence-electron chi connectivity index (χ0n) is 6.31. The summed E-state index contributed by atoms with van der Waals surface area (Å²) in [4.78, 5) is 10.7. The van der Waals surface area contributed by atoms with E-state index in [2.05, 4.69) is 15.9 Å². The maximum absolute atomic E-state index is 10.7. The smallest absolute Gasteiger partial charge is 0.341 e. The third-order valence-electron chi connectivity index (χ3n) is 1.46. The molecule has 0 aliphatic rings. The molecule has 0 heterocycles. The highest BCUT2D eigenvalue weighted by Gasteiger charge is 2.23. The first-order valence-electron chi connectivity index (χ1n) is 3.16.